The average molecular weight is 463 g/mol. The lowest BCUT2D eigenvalue weighted by molar-refractivity contribution is 0.0904. The lowest BCUT2D eigenvalue weighted by Gasteiger charge is -2.32. The van der Waals surface area contributed by atoms with Crippen molar-refractivity contribution < 1.29 is 13.9 Å². The molecule has 1 unspecified atom stereocenters. The maximum atomic E-state index is 13.9. The summed E-state index contributed by atoms with van der Waals surface area (Å²) in [6, 6.07) is 15.3. The van der Waals surface area contributed by atoms with Crippen LogP contribution in [-0.2, 0) is 19.5 Å². The van der Waals surface area contributed by atoms with Crippen molar-refractivity contribution in [1.29, 1.82) is 0 Å². The van der Waals surface area contributed by atoms with E-state index in [1.807, 2.05) is 16.8 Å². The van der Waals surface area contributed by atoms with Gasteiger partial charge in [-0.1, -0.05) is 30.3 Å². The number of piperidine rings is 1. The minimum Gasteiger partial charge on any atom is -0.496 e. The van der Waals surface area contributed by atoms with Gasteiger partial charge >= 0.3 is 0 Å². The molecule has 1 fully saturated rings. The second-order valence-electron chi connectivity index (χ2n) is 9.33. The summed E-state index contributed by atoms with van der Waals surface area (Å²) in [5.74, 6) is 1.36. The molecule has 0 bridgehead atoms. The van der Waals surface area contributed by atoms with Crippen molar-refractivity contribution in [2.75, 3.05) is 20.2 Å². The Labute approximate surface area is 199 Å². The molecular formula is C27H31FN4O2. The first kappa shape index (κ1) is 22.6. The summed E-state index contributed by atoms with van der Waals surface area (Å²) < 4.78 is 21.4. The van der Waals surface area contributed by atoms with Crippen molar-refractivity contribution in [2.24, 2.45) is 0 Å². The number of nitrogens with one attached hydrogen (secondary N) is 1. The van der Waals surface area contributed by atoms with Crippen molar-refractivity contribution >= 4 is 5.91 Å². The van der Waals surface area contributed by atoms with Crippen LogP contribution in [0, 0.1) is 5.82 Å². The molecule has 178 valence electrons. The third-order valence-electron chi connectivity index (χ3n) is 7.03. The molecule has 0 saturated carbocycles. The van der Waals surface area contributed by atoms with Crippen LogP contribution in [0.3, 0.4) is 0 Å². The van der Waals surface area contributed by atoms with Crippen LogP contribution in [0.1, 0.15) is 52.6 Å². The third-order valence-corrected chi connectivity index (χ3v) is 7.03. The van der Waals surface area contributed by atoms with Gasteiger partial charge in [-0.05, 0) is 43.0 Å². The van der Waals surface area contributed by atoms with Crippen LogP contribution in [-0.4, -0.2) is 46.6 Å². The SMILES string of the molecule is COc1ccc(F)cc1C1CCc2nc(C(=O)NC3CCN(Cc4ccccc4)CC3)cn2C1. The Bertz CT molecular complexity index is 1140. The Morgan fingerprint density at radius 3 is 2.71 bits per heavy atom. The van der Waals surface area contributed by atoms with E-state index < -0.39 is 0 Å². The quantitative estimate of drug-likeness (QED) is 0.598. The van der Waals surface area contributed by atoms with Crippen LogP contribution in [0.5, 0.6) is 5.75 Å². The smallest absolute Gasteiger partial charge is 0.271 e. The van der Waals surface area contributed by atoms with Crippen LogP contribution in [0.25, 0.3) is 0 Å². The van der Waals surface area contributed by atoms with Gasteiger partial charge in [0, 0.05) is 56.3 Å². The molecule has 7 heteroatoms. The van der Waals surface area contributed by atoms with Gasteiger partial charge in [-0.25, -0.2) is 9.37 Å². The number of carbonyl (C=O) groups is 1. The Morgan fingerprint density at radius 1 is 1.15 bits per heavy atom. The fourth-order valence-electron chi connectivity index (χ4n) is 5.17. The van der Waals surface area contributed by atoms with Gasteiger partial charge in [0.1, 0.15) is 23.1 Å². The molecule has 3 heterocycles. The van der Waals surface area contributed by atoms with Crippen LogP contribution in [0.15, 0.2) is 54.7 Å². The number of carbonyl (C=O) groups excluding carboxylic acids is 1. The highest BCUT2D eigenvalue weighted by Gasteiger charge is 2.27. The predicted octanol–water partition coefficient (Wildman–Crippen LogP) is 4.16. The number of nitrogens with zero attached hydrogens (tertiary/aromatic N) is 3. The molecule has 2 aliphatic rings. The van der Waals surface area contributed by atoms with E-state index in [4.69, 9.17) is 4.74 Å². The molecule has 1 saturated heterocycles. The Morgan fingerprint density at radius 2 is 1.94 bits per heavy atom. The van der Waals surface area contributed by atoms with E-state index >= 15 is 0 Å². The summed E-state index contributed by atoms with van der Waals surface area (Å²) in [5.41, 5.74) is 2.66. The second-order valence-corrected chi connectivity index (χ2v) is 9.33. The highest BCUT2D eigenvalue weighted by molar-refractivity contribution is 5.92. The van der Waals surface area contributed by atoms with Crippen molar-refractivity contribution in [3.05, 3.63) is 83.2 Å². The summed E-state index contributed by atoms with van der Waals surface area (Å²) in [6.07, 6.45) is 5.31. The van der Waals surface area contributed by atoms with Gasteiger partial charge in [0.2, 0.25) is 0 Å². The van der Waals surface area contributed by atoms with E-state index in [1.165, 1.54) is 11.6 Å². The van der Waals surface area contributed by atoms with Gasteiger partial charge < -0.3 is 14.6 Å². The number of hydrogen-bond donors (Lipinski definition) is 1. The fraction of sp³-hybridized carbons (Fsp3) is 0.407. The molecule has 2 aromatic carbocycles. The number of rotatable bonds is 6. The number of hydrogen-bond acceptors (Lipinski definition) is 4. The van der Waals surface area contributed by atoms with Crippen LogP contribution in [0.4, 0.5) is 4.39 Å². The normalized spacial score (nSPS) is 18.9. The zero-order chi connectivity index (χ0) is 23.5. The van der Waals surface area contributed by atoms with Crippen molar-refractivity contribution in [1.82, 2.24) is 19.8 Å². The standard InChI is InChI=1S/C27H31FN4O2/c1-34-25-9-8-21(28)15-23(25)20-7-10-26-30-24(18-32(26)17-20)27(33)29-22-11-13-31(14-12-22)16-19-5-3-2-4-6-19/h2-6,8-9,15,18,20,22H,7,10-14,16-17H2,1H3,(H,29,33). The molecule has 0 spiro atoms. The maximum absolute atomic E-state index is 13.9. The molecule has 34 heavy (non-hydrogen) atoms. The minimum atomic E-state index is -0.262. The van der Waals surface area contributed by atoms with E-state index in [0.29, 0.717) is 18.0 Å². The number of ether oxygens (including phenoxy) is 1. The van der Waals surface area contributed by atoms with E-state index in [0.717, 1.165) is 56.7 Å². The van der Waals surface area contributed by atoms with Crippen LogP contribution >= 0.6 is 0 Å². The number of amides is 1. The summed E-state index contributed by atoms with van der Waals surface area (Å²) >= 11 is 0. The first-order valence-electron chi connectivity index (χ1n) is 12.1. The summed E-state index contributed by atoms with van der Waals surface area (Å²) in [4.78, 5) is 20.0. The molecule has 1 amide bonds. The minimum absolute atomic E-state index is 0.108. The van der Waals surface area contributed by atoms with Gasteiger partial charge in [-0.2, -0.15) is 0 Å². The molecule has 6 nitrogen and oxygen atoms in total. The number of imidazole rings is 1. The van der Waals surface area contributed by atoms with Gasteiger partial charge in [0.05, 0.1) is 7.11 Å². The monoisotopic (exact) mass is 462 g/mol. The summed E-state index contributed by atoms with van der Waals surface area (Å²) in [6.45, 7) is 3.55. The predicted molar refractivity (Wildman–Crippen MR) is 128 cm³/mol. The Hall–Kier alpha value is -3.19. The van der Waals surface area contributed by atoms with Crippen LogP contribution in [0.2, 0.25) is 0 Å². The number of halogens is 1. The second kappa shape index (κ2) is 9.97. The lowest BCUT2D eigenvalue weighted by Crippen LogP contribution is -2.44. The maximum Gasteiger partial charge on any atom is 0.271 e. The Kier molecular flexibility index (Phi) is 6.63. The fourth-order valence-corrected chi connectivity index (χ4v) is 5.17. The zero-order valence-corrected chi connectivity index (χ0v) is 19.5. The molecule has 5 rings (SSSR count). The molecule has 0 radical (unpaired) electrons. The number of methoxy groups -OCH3 is 1. The largest absolute Gasteiger partial charge is 0.496 e. The molecular weight excluding hydrogens is 431 g/mol. The van der Waals surface area contributed by atoms with Crippen molar-refractivity contribution in [3.63, 3.8) is 0 Å². The van der Waals surface area contributed by atoms with Gasteiger partial charge in [-0.15, -0.1) is 0 Å². The number of benzene rings is 2. The molecule has 2 aliphatic heterocycles. The molecule has 1 N–H and O–H groups in total. The molecule has 1 atom stereocenters. The van der Waals surface area contributed by atoms with E-state index in [2.05, 4.69) is 39.5 Å². The zero-order valence-electron chi connectivity index (χ0n) is 19.5. The molecule has 1 aromatic heterocycles. The number of aryl methyl sites for hydroxylation is 1. The van der Waals surface area contributed by atoms with Gasteiger partial charge in [-0.3, -0.25) is 9.69 Å². The molecule has 0 aliphatic carbocycles. The van der Waals surface area contributed by atoms with E-state index in [1.54, 1.807) is 19.2 Å². The number of likely N-dealkylation sites (tertiary alicyclic amines) is 1. The number of fused-ring (bicyclic) bond motifs is 1. The highest BCUT2D eigenvalue weighted by atomic mass is 19.1. The average Bonchev–Trinajstić information content (AvgIpc) is 3.30. The molecule has 3 aromatic rings. The summed E-state index contributed by atoms with van der Waals surface area (Å²) in [7, 11) is 1.61. The van der Waals surface area contributed by atoms with E-state index in [9.17, 15) is 9.18 Å². The van der Waals surface area contributed by atoms with Crippen molar-refractivity contribution in [2.45, 2.75) is 50.7 Å². The third kappa shape index (κ3) is 4.99. The number of aromatic nitrogens is 2. The first-order chi connectivity index (χ1) is 16.6. The van der Waals surface area contributed by atoms with Crippen molar-refractivity contribution in [3.8, 4) is 5.75 Å². The van der Waals surface area contributed by atoms with Gasteiger partial charge in [0.25, 0.3) is 5.91 Å². The van der Waals surface area contributed by atoms with Crippen LogP contribution < -0.4 is 10.1 Å². The Balaban J connectivity index is 1.18. The van der Waals surface area contributed by atoms with E-state index in [-0.39, 0.29) is 23.7 Å². The topological polar surface area (TPSA) is 59.4 Å². The lowest BCUT2D eigenvalue weighted by atomic mass is 9.91. The van der Waals surface area contributed by atoms with Gasteiger partial charge in [0.15, 0.2) is 0 Å². The highest BCUT2D eigenvalue weighted by Crippen LogP contribution is 2.35. The first-order valence-corrected chi connectivity index (χ1v) is 12.1. The summed E-state index contributed by atoms with van der Waals surface area (Å²) in [5, 5.41) is 3.19.